The fraction of sp³-hybridized carbons (Fsp3) is 0.0541. The van der Waals surface area contributed by atoms with Gasteiger partial charge in [-0.1, -0.05) is 72.8 Å². The standard InChI is InChI=1S/C19H14F2N6O.C18H13F2N5/c1-26-10-23-14-17(26)24-16(11-6-3-2-4-7-11)25-18(14)27(19(22)28)15-12(20)8-5-9-13(15)21;1-25-10-21-15-17(22-14-12(19)8-5-9-13(14)20)23-16(24-18(15)25)11-6-3-2-4-7-11/h2-10H,1H3,(H2,22,28);2-10H,1H3,(H,22,23,24). The molecular weight excluding hydrogens is 690 g/mol. The summed E-state index contributed by atoms with van der Waals surface area (Å²) in [6, 6.07) is 24.2. The number of aryl methyl sites for hydroxylation is 2. The fourth-order valence-corrected chi connectivity index (χ4v) is 5.43. The molecule has 264 valence electrons. The summed E-state index contributed by atoms with van der Waals surface area (Å²) in [6.07, 6.45) is 3.05. The van der Waals surface area contributed by atoms with Crippen LogP contribution in [-0.2, 0) is 14.1 Å². The maximum atomic E-state index is 14.4. The van der Waals surface area contributed by atoms with Gasteiger partial charge in [0.05, 0.1) is 12.7 Å². The van der Waals surface area contributed by atoms with Crippen LogP contribution in [0.3, 0.4) is 0 Å². The SMILES string of the molecule is Cn1cnc2c(N(C(N)=O)c3c(F)cccc3F)nc(-c3ccccc3)nc21.Cn1cnc2c(Nc3c(F)cccc3F)nc(-c3ccccc3)nc21. The molecule has 12 nitrogen and oxygen atoms in total. The zero-order chi connectivity index (χ0) is 37.2. The van der Waals surface area contributed by atoms with Crippen LogP contribution in [0.25, 0.3) is 45.1 Å². The number of carbonyl (C=O) groups excluding carboxylic acids is 1. The van der Waals surface area contributed by atoms with Crippen molar-refractivity contribution in [3.05, 3.63) is 133 Å². The molecule has 0 saturated heterocycles. The number of aromatic nitrogens is 8. The van der Waals surface area contributed by atoms with E-state index in [9.17, 15) is 22.4 Å². The smallest absolute Gasteiger partial charge is 0.325 e. The number of anilines is 4. The van der Waals surface area contributed by atoms with E-state index in [1.807, 2.05) is 36.4 Å². The van der Waals surface area contributed by atoms with Crippen molar-refractivity contribution < 1.29 is 22.4 Å². The van der Waals surface area contributed by atoms with Crippen LogP contribution in [-0.4, -0.2) is 45.1 Å². The molecule has 4 aromatic carbocycles. The van der Waals surface area contributed by atoms with E-state index in [-0.39, 0.29) is 28.7 Å². The maximum Gasteiger partial charge on any atom is 0.325 e. The lowest BCUT2D eigenvalue weighted by Gasteiger charge is -2.21. The molecule has 16 heteroatoms. The second-order valence-corrected chi connectivity index (χ2v) is 11.5. The van der Waals surface area contributed by atoms with Crippen LogP contribution in [0.2, 0.25) is 0 Å². The van der Waals surface area contributed by atoms with Gasteiger partial charge in [-0.3, -0.25) is 0 Å². The summed E-state index contributed by atoms with van der Waals surface area (Å²) >= 11 is 0. The summed E-state index contributed by atoms with van der Waals surface area (Å²) in [5.41, 5.74) is 7.60. The van der Waals surface area contributed by atoms with E-state index in [1.54, 1.807) is 53.8 Å². The van der Waals surface area contributed by atoms with Gasteiger partial charge in [0.1, 0.15) is 34.6 Å². The molecule has 0 aliphatic carbocycles. The highest BCUT2D eigenvalue weighted by atomic mass is 19.1. The predicted molar refractivity (Wildman–Crippen MR) is 191 cm³/mol. The topological polar surface area (TPSA) is 146 Å². The first-order valence-corrected chi connectivity index (χ1v) is 15.8. The van der Waals surface area contributed by atoms with Crippen molar-refractivity contribution in [2.45, 2.75) is 0 Å². The van der Waals surface area contributed by atoms with E-state index in [2.05, 4.69) is 35.2 Å². The van der Waals surface area contributed by atoms with E-state index in [0.29, 0.717) is 33.1 Å². The van der Waals surface area contributed by atoms with Crippen LogP contribution in [0.5, 0.6) is 0 Å². The number of primary amides is 1. The van der Waals surface area contributed by atoms with E-state index >= 15 is 0 Å². The average Bonchev–Trinajstić information content (AvgIpc) is 3.73. The van der Waals surface area contributed by atoms with Gasteiger partial charge in [-0.2, -0.15) is 0 Å². The number of nitrogens with one attached hydrogen (secondary N) is 1. The third-order valence-corrected chi connectivity index (χ3v) is 7.96. The van der Waals surface area contributed by atoms with Gasteiger partial charge in [-0.25, -0.2) is 57.2 Å². The van der Waals surface area contributed by atoms with E-state index in [4.69, 9.17) is 5.73 Å². The first-order valence-electron chi connectivity index (χ1n) is 15.8. The van der Waals surface area contributed by atoms with Crippen LogP contribution in [0.4, 0.5) is 45.4 Å². The number of para-hydroxylation sites is 2. The number of fused-ring (bicyclic) bond motifs is 2. The molecule has 0 radical (unpaired) electrons. The summed E-state index contributed by atoms with van der Waals surface area (Å²) in [7, 11) is 3.50. The van der Waals surface area contributed by atoms with Crippen molar-refractivity contribution >= 4 is 51.4 Å². The third-order valence-electron chi connectivity index (χ3n) is 7.96. The number of urea groups is 1. The molecule has 8 aromatic rings. The van der Waals surface area contributed by atoms with Gasteiger partial charge >= 0.3 is 6.03 Å². The molecule has 3 N–H and O–H groups in total. The van der Waals surface area contributed by atoms with Crippen LogP contribution < -0.4 is 16.0 Å². The molecule has 4 aromatic heterocycles. The number of benzene rings is 4. The van der Waals surface area contributed by atoms with Crippen molar-refractivity contribution in [1.29, 1.82) is 0 Å². The van der Waals surface area contributed by atoms with Crippen molar-refractivity contribution in [3.8, 4) is 22.8 Å². The lowest BCUT2D eigenvalue weighted by Crippen LogP contribution is -2.34. The highest BCUT2D eigenvalue weighted by Crippen LogP contribution is 2.34. The second-order valence-electron chi connectivity index (χ2n) is 11.5. The Hall–Kier alpha value is -7.23. The van der Waals surface area contributed by atoms with E-state index in [1.165, 1.54) is 30.6 Å². The second kappa shape index (κ2) is 14.2. The molecule has 8 rings (SSSR count). The molecule has 0 fully saturated rings. The normalized spacial score (nSPS) is 11.0. The van der Waals surface area contributed by atoms with Crippen LogP contribution in [0.15, 0.2) is 110 Å². The Morgan fingerprint density at radius 3 is 1.62 bits per heavy atom. The third kappa shape index (κ3) is 6.67. The highest BCUT2D eigenvalue weighted by Gasteiger charge is 2.28. The van der Waals surface area contributed by atoms with Gasteiger partial charge in [0.15, 0.2) is 45.6 Å². The van der Waals surface area contributed by atoms with Gasteiger partial charge in [-0.05, 0) is 24.3 Å². The quantitative estimate of drug-likeness (QED) is 0.168. The Kier molecular flexibility index (Phi) is 9.16. The van der Waals surface area contributed by atoms with E-state index in [0.717, 1.165) is 17.7 Å². The minimum atomic E-state index is -1.10. The molecule has 0 spiro atoms. The largest absolute Gasteiger partial charge is 0.351 e. The Balaban J connectivity index is 0.000000165. The Morgan fingerprint density at radius 2 is 1.09 bits per heavy atom. The minimum Gasteiger partial charge on any atom is -0.351 e. The van der Waals surface area contributed by atoms with Gasteiger partial charge < -0.3 is 20.2 Å². The van der Waals surface area contributed by atoms with Crippen molar-refractivity contribution in [1.82, 2.24) is 39.0 Å². The maximum absolute atomic E-state index is 14.4. The van der Waals surface area contributed by atoms with Gasteiger partial charge in [-0.15, -0.1) is 0 Å². The fourth-order valence-electron chi connectivity index (χ4n) is 5.43. The number of rotatable bonds is 6. The molecule has 0 atom stereocenters. The van der Waals surface area contributed by atoms with Crippen LogP contribution in [0, 0.1) is 23.3 Å². The van der Waals surface area contributed by atoms with Crippen molar-refractivity contribution in [2.24, 2.45) is 19.8 Å². The monoisotopic (exact) mass is 717 g/mol. The molecule has 0 aliphatic rings. The zero-order valence-electron chi connectivity index (χ0n) is 27.9. The number of nitrogens with zero attached hydrogens (tertiary/aromatic N) is 9. The molecule has 0 unspecified atom stereocenters. The minimum absolute atomic E-state index is 0.110. The number of amides is 2. The Labute approximate surface area is 298 Å². The van der Waals surface area contributed by atoms with Gasteiger partial charge in [0, 0.05) is 25.2 Å². The molecule has 0 saturated carbocycles. The van der Waals surface area contributed by atoms with Crippen LogP contribution in [0.1, 0.15) is 0 Å². The summed E-state index contributed by atoms with van der Waals surface area (Å²) in [4.78, 5) is 39.1. The van der Waals surface area contributed by atoms with Crippen molar-refractivity contribution in [2.75, 3.05) is 10.2 Å². The summed E-state index contributed by atoms with van der Waals surface area (Å²) < 4.78 is 60.2. The molecular formula is C37H27F4N11O. The van der Waals surface area contributed by atoms with Crippen LogP contribution >= 0.6 is 0 Å². The molecule has 0 bridgehead atoms. The highest BCUT2D eigenvalue weighted by molar-refractivity contribution is 6.04. The first-order chi connectivity index (χ1) is 25.6. The lowest BCUT2D eigenvalue weighted by molar-refractivity contribution is 0.255. The molecule has 53 heavy (non-hydrogen) atoms. The Morgan fingerprint density at radius 1 is 0.623 bits per heavy atom. The number of hydrogen-bond acceptors (Lipinski definition) is 8. The molecule has 4 heterocycles. The molecule has 0 aliphatic heterocycles. The lowest BCUT2D eigenvalue weighted by atomic mass is 10.2. The summed E-state index contributed by atoms with van der Waals surface area (Å²) in [5, 5.41) is 2.73. The zero-order valence-corrected chi connectivity index (χ0v) is 27.9. The molecule has 2 amide bonds. The van der Waals surface area contributed by atoms with Gasteiger partial charge in [0.2, 0.25) is 0 Å². The number of carbonyl (C=O) groups is 1. The summed E-state index contributed by atoms with van der Waals surface area (Å²) in [5.74, 6) is -2.49. The number of nitrogens with two attached hydrogens (primary N) is 1. The first kappa shape index (κ1) is 34.2. The summed E-state index contributed by atoms with van der Waals surface area (Å²) in [6.45, 7) is 0. The van der Waals surface area contributed by atoms with Gasteiger partial charge in [0.25, 0.3) is 0 Å². The van der Waals surface area contributed by atoms with E-state index < -0.39 is 35.0 Å². The number of imidazole rings is 2. The average molecular weight is 718 g/mol. The number of halogens is 4. The van der Waals surface area contributed by atoms with Crippen molar-refractivity contribution in [3.63, 3.8) is 0 Å². The predicted octanol–water partition coefficient (Wildman–Crippen LogP) is 7.58. The number of hydrogen-bond donors (Lipinski definition) is 2. The Bertz CT molecular complexity index is 2570.